The number of carbonyl (C=O) groups is 1. The smallest absolute Gasteiger partial charge is 0.165 e. The molecule has 76 valence electrons. The van der Waals surface area contributed by atoms with Crippen molar-refractivity contribution < 1.29 is 9.90 Å². The first-order valence-electron chi connectivity index (χ1n) is 4.71. The monoisotopic (exact) mass is 193 g/mol. The van der Waals surface area contributed by atoms with E-state index in [2.05, 4.69) is 4.98 Å². The number of rotatable bonds is 4. The van der Waals surface area contributed by atoms with Crippen LogP contribution in [0.1, 0.15) is 19.4 Å². The van der Waals surface area contributed by atoms with E-state index in [9.17, 15) is 9.90 Å². The number of aromatic nitrogens is 1. The van der Waals surface area contributed by atoms with Crippen LogP contribution in [0.2, 0.25) is 0 Å². The minimum absolute atomic E-state index is 0.0238. The molecule has 1 aromatic rings. The molecule has 3 heteroatoms. The Kier molecular flexibility index (Phi) is 3.77. The zero-order chi connectivity index (χ0) is 10.6. The molecule has 0 radical (unpaired) electrons. The summed E-state index contributed by atoms with van der Waals surface area (Å²) in [5, 5.41) is 9.49. The number of nitrogens with zero attached hydrogens (tertiary/aromatic N) is 1. The van der Waals surface area contributed by atoms with Crippen molar-refractivity contribution in [3.05, 3.63) is 30.1 Å². The van der Waals surface area contributed by atoms with Gasteiger partial charge in [-0.2, -0.15) is 0 Å². The molecular weight excluding hydrogens is 178 g/mol. The molecule has 1 rings (SSSR count). The van der Waals surface area contributed by atoms with Gasteiger partial charge < -0.3 is 5.11 Å². The SMILES string of the molecule is CC(C)C(O)C(=O)Cc1ccncc1. The summed E-state index contributed by atoms with van der Waals surface area (Å²) in [4.78, 5) is 15.3. The van der Waals surface area contributed by atoms with Crippen LogP contribution in [0.25, 0.3) is 0 Å². The highest BCUT2D eigenvalue weighted by Crippen LogP contribution is 2.07. The Morgan fingerprint density at radius 1 is 1.43 bits per heavy atom. The summed E-state index contributed by atoms with van der Waals surface area (Å²) >= 11 is 0. The van der Waals surface area contributed by atoms with E-state index in [1.807, 2.05) is 13.8 Å². The molecule has 3 nitrogen and oxygen atoms in total. The van der Waals surface area contributed by atoms with Gasteiger partial charge in [-0.1, -0.05) is 13.8 Å². The zero-order valence-electron chi connectivity index (χ0n) is 8.47. The number of hydrogen-bond acceptors (Lipinski definition) is 3. The quantitative estimate of drug-likeness (QED) is 0.782. The lowest BCUT2D eigenvalue weighted by atomic mass is 9.99. The lowest BCUT2D eigenvalue weighted by Gasteiger charge is -2.12. The molecule has 0 saturated heterocycles. The highest BCUT2D eigenvalue weighted by atomic mass is 16.3. The van der Waals surface area contributed by atoms with Crippen LogP contribution in [-0.4, -0.2) is 22.0 Å². The fraction of sp³-hybridized carbons (Fsp3) is 0.455. The zero-order valence-corrected chi connectivity index (χ0v) is 8.47. The van der Waals surface area contributed by atoms with Gasteiger partial charge in [0.25, 0.3) is 0 Å². The maximum absolute atomic E-state index is 11.5. The Morgan fingerprint density at radius 2 is 2.00 bits per heavy atom. The molecule has 1 unspecified atom stereocenters. The lowest BCUT2D eigenvalue weighted by molar-refractivity contribution is -0.128. The molecule has 0 bridgehead atoms. The van der Waals surface area contributed by atoms with Crippen LogP contribution in [0.15, 0.2) is 24.5 Å². The van der Waals surface area contributed by atoms with Gasteiger partial charge in [-0.15, -0.1) is 0 Å². The van der Waals surface area contributed by atoms with Crippen molar-refractivity contribution in [1.29, 1.82) is 0 Å². The van der Waals surface area contributed by atoms with Crippen LogP contribution in [0.3, 0.4) is 0 Å². The number of ketones is 1. The van der Waals surface area contributed by atoms with E-state index in [0.29, 0.717) is 0 Å². The Hall–Kier alpha value is -1.22. The van der Waals surface area contributed by atoms with Gasteiger partial charge in [-0.05, 0) is 23.6 Å². The molecule has 1 atom stereocenters. The number of Topliss-reactive ketones (excluding diaryl/α,β-unsaturated/α-hetero) is 1. The minimum Gasteiger partial charge on any atom is -0.385 e. The number of pyridine rings is 1. The van der Waals surface area contributed by atoms with Gasteiger partial charge in [-0.25, -0.2) is 0 Å². The van der Waals surface area contributed by atoms with Gasteiger partial charge in [0.05, 0.1) is 0 Å². The van der Waals surface area contributed by atoms with Gasteiger partial charge in [0.1, 0.15) is 6.10 Å². The number of carbonyl (C=O) groups excluding carboxylic acids is 1. The Morgan fingerprint density at radius 3 is 2.50 bits per heavy atom. The number of hydrogen-bond donors (Lipinski definition) is 1. The van der Waals surface area contributed by atoms with Crippen LogP contribution < -0.4 is 0 Å². The van der Waals surface area contributed by atoms with Crippen molar-refractivity contribution in [3.8, 4) is 0 Å². The minimum atomic E-state index is -0.858. The van der Waals surface area contributed by atoms with Crippen molar-refractivity contribution in [2.24, 2.45) is 5.92 Å². The second kappa shape index (κ2) is 4.86. The van der Waals surface area contributed by atoms with Crippen molar-refractivity contribution >= 4 is 5.78 Å². The van der Waals surface area contributed by atoms with Crippen LogP contribution >= 0.6 is 0 Å². The predicted molar refractivity (Wildman–Crippen MR) is 53.8 cm³/mol. The van der Waals surface area contributed by atoms with Crippen molar-refractivity contribution in [2.45, 2.75) is 26.4 Å². The van der Waals surface area contributed by atoms with Gasteiger partial charge in [0, 0.05) is 18.8 Å². The maximum Gasteiger partial charge on any atom is 0.165 e. The van der Waals surface area contributed by atoms with Gasteiger partial charge >= 0.3 is 0 Å². The van der Waals surface area contributed by atoms with E-state index in [1.165, 1.54) is 0 Å². The standard InChI is InChI=1S/C11H15NO2/c1-8(2)11(14)10(13)7-9-3-5-12-6-4-9/h3-6,8,11,14H,7H2,1-2H3. The van der Waals surface area contributed by atoms with E-state index >= 15 is 0 Å². The molecule has 0 fully saturated rings. The maximum atomic E-state index is 11.5. The van der Waals surface area contributed by atoms with E-state index in [4.69, 9.17) is 0 Å². The van der Waals surface area contributed by atoms with Crippen molar-refractivity contribution in [3.63, 3.8) is 0 Å². The van der Waals surface area contributed by atoms with Crippen molar-refractivity contribution in [1.82, 2.24) is 4.98 Å². The normalized spacial score (nSPS) is 12.9. The molecule has 0 aliphatic carbocycles. The molecule has 14 heavy (non-hydrogen) atoms. The van der Waals surface area contributed by atoms with E-state index < -0.39 is 6.10 Å². The Labute approximate surface area is 83.8 Å². The third-order valence-corrected chi connectivity index (χ3v) is 2.09. The lowest BCUT2D eigenvalue weighted by Crippen LogP contribution is -2.27. The molecule has 0 saturated carbocycles. The predicted octanol–water partition coefficient (Wildman–Crippen LogP) is 1.21. The molecule has 0 aromatic carbocycles. The van der Waals surface area contributed by atoms with Crippen LogP contribution in [0.4, 0.5) is 0 Å². The summed E-state index contributed by atoms with van der Waals surface area (Å²) in [5.74, 6) is -0.157. The van der Waals surface area contributed by atoms with Gasteiger partial charge in [0.15, 0.2) is 5.78 Å². The first kappa shape index (κ1) is 10.9. The average Bonchev–Trinajstić information content (AvgIpc) is 2.18. The molecule has 0 aliphatic heterocycles. The van der Waals surface area contributed by atoms with Crippen LogP contribution in [0.5, 0.6) is 0 Å². The summed E-state index contributed by atoms with van der Waals surface area (Å²) in [5.41, 5.74) is 0.893. The summed E-state index contributed by atoms with van der Waals surface area (Å²) in [6, 6.07) is 3.57. The topological polar surface area (TPSA) is 50.2 Å². The van der Waals surface area contributed by atoms with E-state index in [1.54, 1.807) is 24.5 Å². The summed E-state index contributed by atoms with van der Waals surface area (Å²) < 4.78 is 0. The summed E-state index contributed by atoms with van der Waals surface area (Å²) in [6.45, 7) is 3.66. The summed E-state index contributed by atoms with van der Waals surface area (Å²) in [6.07, 6.45) is 2.71. The molecule has 0 amide bonds. The van der Waals surface area contributed by atoms with Gasteiger partial charge in [0.2, 0.25) is 0 Å². The number of aliphatic hydroxyl groups is 1. The Bertz CT molecular complexity index is 295. The summed E-state index contributed by atoms with van der Waals surface area (Å²) in [7, 11) is 0. The molecule has 1 heterocycles. The first-order chi connectivity index (χ1) is 6.61. The Balaban J connectivity index is 2.58. The number of aliphatic hydroxyl groups excluding tert-OH is 1. The van der Waals surface area contributed by atoms with Crippen LogP contribution in [0, 0.1) is 5.92 Å². The van der Waals surface area contributed by atoms with Crippen LogP contribution in [-0.2, 0) is 11.2 Å². The average molecular weight is 193 g/mol. The largest absolute Gasteiger partial charge is 0.385 e. The highest BCUT2D eigenvalue weighted by molar-refractivity contribution is 5.85. The molecule has 1 aromatic heterocycles. The molecule has 0 spiro atoms. The van der Waals surface area contributed by atoms with E-state index in [0.717, 1.165) is 5.56 Å². The molecule has 0 aliphatic rings. The highest BCUT2D eigenvalue weighted by Gasteiger charge is 2.18. The van der Waals surface area contributed by atoms with Crippen molar-refractivity contribution in [2.75, 3.05) is 0 Å². The third-order valence-electron chi connectivity index (χ3n) is 2.09. The second-order valence-electron chi connectivity index (χ2n) is 3.69. The first-order valence-corrected chi connectivity index (χ1v) is 4.71. The van der Waals surface area contributed by atoms with E-state index in [-0.39, 0.29) is 18.1 Å². The fourth-order valence-electron chi connectivity index (χ4n) is 1.18. The third kappa shape index (κ3) is 2.92. The molecule has 1 N–H and O–H groups in total. The second-order valence-corrected chi connectivity index (χ2v) is 3.69. The fourth-order valence-corrected chi connectivity index (χ4v) is 1.18. The molecular formula is C11H15NO2. The van der Waals surface area contributed by atoms with Gasteiger partial charge in [-0.3, -0.25) is 9.78 Å².